The van der Waals surface area contributed by atoms with E-state index in [4.69, 9.17) is 8.85 Å². The first-order valence-electron chi connectivity index (χ1n) is 19.9. The minimum absolute atomic E-state index is 0.113. The van der Waals surface area contributed by atoms with E-state index < -0.39 is 22.4 Å². The zero-order valence-electron chi connectivity index (χ0n) is 33.8. The molecule has 0 aromatic heterocycles. The Morgan fingerprint density at radius 2 is 1.50 bits per heavy atom. The summed E-state index contributed by atoms with van der Waals surface area (Å²) in [5, 5.41) is 11.4. The fraction of sp³-hybridized carbons (Fsp3) is 0.814. The van der Waals surface area contributed by atoms with Crippen molar-refractivity contribution in [3.8, 4) is 0 Å². The maximum atomic E-state index is 11.1. The van der Waals surface area contributed by atoms with Crippen LogP contribution in [-0.2, 0) is 8.85 Å². The van der Waals surface area contributed by atoms with Gasteiger partial charge in [0.1, 0.15) is 0 Å². The number of unbranched alkanes of at least 4 members (excludes halogenated alkanes) is 1. The molecule has 0 aromatic rings. The number of allylic oxidation sites excluding steroid dienone is 5. The number of aliphatic hydroxyl groups excluding tert-OH is 1. The van der Waals surface area contributed by atoms with Gasteiger partial charge in [-0.15, -0.1) is 0 Å². The van der Waals surface area contributed by atoms with Crippen molar-refractivity contribution in [3.63, 3.8) is 0 Å². The molecular weight excluding hydrogens is 621 g/mol. The second-order valence-electron chi connectivity index (χ2n) is 20.1. The summed E-state index contributed by atoms with van der Waals surface area (Å²) in [6.45, 7) is 35.4. The van der Waals surface area contributed by atoms with E-state index in [1.807, 2.05) is 0 Å². The lowest BCUT2D eigenvalue weighted by molar-refractivity contribution is -0.141. The van der Waals surface area contributed by atoms with Gasteiger partial charge in [0, 0.05) is 12.8 Å². The van der Waals surface area contributed by atoms with Crippen molar-refractivity contribution in [2.75, 3.05) is 0 Å². The van der Waals surface area contributed by atoms with E-state index in [-0.39, 0.29) is 21.6 Å². The van der Waals surface area contributed by atoms with Crippen LogP contribution in [0.1, 0.15) is 146 Å². The maximum Gasteiger partial charge on any atom is 0.195 e. The van der Waals surface area contributed by atoms with E-state index in [0.29, 0.717) is 23.2 Å². The summed E-state index contributed by atoms with van der Waals surface area (Å²) in [5.74, 6) is 1.22. The number of hydrogen-bond acceptors (Lipinski definition) is 3. The van der Waals surface area contributed by atoms with Crippen LogP contribution in [0.15, 0.2) is 47.6 Å². The van der Waals surface area contributed by atoms with Gasteiger partial charge in [0.25, 0.3) is 0 Å². The van der Waals surface area contributed by atoms with Crippen molar-refractivity contribution in [1.29, 1.82) is 0 Å². The summed E-state index contributed by atoms with van der Waals surface area (Å²) in [5.41, 5.74) is 4.73. The van der Waals surface area contributed by atoms with Gasteiger partial charge in [-0.25, -0.2) is 0 Å². The fourth-order valence-electron chi connectivity index (χ4n) is 8.97. The van der Waals surface area contributed by atoms with E-state index in [2.05, 4.69) is 119 Å². The molecule has 1 N–H and O–H groups in total. The highest BCUT2D eigenvalue weighted by atomic mass is 28.4. The third-order valence-corrected chi connectivity index (χ3v) is 23.5. The van der Waals surface area contributed by atoms with Gasteiger partial charge in [-0.1, -0.05) is 117 Å². The van der Waals surface area contributed by atoms with E-state index in [1.165, 1.54) is 75.4 Å². The first-order valence-corrected chi connectivity index (χ1v) is 25.7. The van der Waals surface area contributed by atoms with Gasteiger partial charge >= 0.3 is 0 Å². The Labute approximate surface area is 299 Å². The third kappa shape index (κ3) is 8.48. The van der Waals surface area contributed by atoms with Crippen molar-refractivity contribution in [3.05, 3.63) is 47.6 Å². The summed E-state index contributed by atoms with van der Waals surface area (Å²) < 4.78 is 14.7. The largest absolute Gasteiger partial charge is 0.390 e. The molecule has 0 aromatic carbocycles. The van der Waals surface area contributed by atoms with Crippen molar-refractivity contribution in [2.45, 2.75) is 194 Å². The van der Waals surface area contributed by atoms with Crippen LogP contribution >= 0.6 is 0 Å². The molecule has 4 rings (SSSR count). The molecule has 4 fully saturated rings. The predicted octanol–water partition coefficient (Wildman–Crippen LogP) is 13.1. The Morgan fingerprint density at radius 1 is 0.896 bits per heavy atom. The van der Waals surface area contributed by atoms with Crippen LogP contribution in [0, 0.1) is 28.6 Å². The maximum absolute atomic E-state index is 11.1. The molecule has 48 heavy (non-hydrogen) atoms. The van der Waals surface area contributed by atoms with Crippen LogP contribution in [0.5, 0.6) is 0 Å². The molecule has 0 bridgehead atoms. The van der Waals surface area contributed by atoms with Gasteiger partial charge in [-0.2, -0.15) is 0 Å². The van der Waals surface area contributed by atoms with Gasteiger partial charge < -0.3 is 14.0 Å². The van der Waals surface area contributed by atoms with Crippen molar-refractivity contribution < 1.29 is 14.0 Å². The average Bonchev–Trinajstić information content (AvgIpc) is 3.67. The number of hydrogen-bond donors (Lipinski definition) is 1. The van der Waals surface area contributed by atoms with Crippen molar-refractivity contribution in [1.82, 2.24) is 0 Å². The first-order chi connectivity index (χ1) is 22.0. The average molecular weight is 697 g/mol. The molecule has 0 amide bonds. The van der Waals surface area contributed by atoms with Crippen LogP contribution in [-0.4, -0.2) is 33.6 Å². The molecule has 5 heteroatoms. The van der Waals surface area contributed by atoms with Gasteiger partial charge in [0.15, 0.2) is 22.4 Å². The van der Waals surface area contributed by atoms with Gasteiger partial charge in [-0.3, -0.25) is 0 Å². The van der Waals surface area contributed by atoms with E-state index >= 15 is 0 Å². The number of aliphatic hydroxyl groups is 1. The molecule has 0 saturated heterocycles. The standard InChI is InChI=1S/C43H76O3Si2/c1-15-16-27-42(29-30-42)38(44)24-19-33(3)36-22-23-37-34(18-17-26-41(36,37)10)20-21-35-31-43(28-25-32(35)2,45-47(11,12)39(4,5)6)46-48(13,14)40(7,8)9/h19-21,24,33,36-38,44H,2,15-18,22-23,25-31H2,1,3-14H3/t33-,36-,37+,38?,41-/m1/s1. The molecule has 0 heterocycles. The van der Waals surface area contributed by atoms with Crippen LogP contribution in [0.3, 0.4) is 0 Å². The van der Waals surface area contributed by atoms with Gasteiger partial charge in [0.2, 0.25) is 0 Å². The zero-order chi connectivity index (χ0) is 36.0. The Bertz CT molecular complexity index is 1210. The van der Waals surface area contributed by atoms with Gasteiger partial charge in [0.05, 0.1) is 6.10 Å². The Balaban J connectivity index is 1.56. The molecule has 4 saturated carbocycles. The lowest BCUT2D eigenvalue weighted by Crippen LogP contribution is -2.57. The van der Waals surface area contributed by atoms with Crippen LogP contribution in [0.2, 0.25) is 36.3 Å². The smallest absolute Gasteiger partial charge is 0.195 e. The molecule has 4 aliphatic rings. The van der Waals surface area contributed by atoms with Gasteiger partial charge in [-0.05, 0) is 128 Å². The van der Waals surface area contributed by atoms with E-state index in [9.17, 15) is 5.11 Å². The summed E-state index contributed by atoms with van der Waals surface area (Å²) in [6.07, 6.45) is 24.2. The molecule has 4 aliphatic carbocycles. The number of rotatable bonds is 12. The van der Waals surface area contributed by atoms with Crippen molar-refractivity contribution >= 4 is 16.6 Å². The highest BCUT2D eigenvalue weighted by Gasteiger charge is 2.53. The minimum atomic E-state index is -2.10. The van der Waals surface area contributed by atoms with Crippen molar-refractivity contribution in [2.24, 2.45) is 28.6 Å². The summed E-state index contributed by atoms with van der Waals surface area (Å²) in [7, 11) is -4.20. The monoisotopic (exact) mass is 697 g/mol. The second kappa shape index (κ2) is 14.4. The highest BCUT2D eigenvalue weighted by Crippen LogP contribution is 2.60. The normalized spacial score (nSPS) is 31.0. The Morgan fingerprint density at radius 3 is 2.04 bits per heavy atom. The van der Waals surface area contributed by atoms with Crippen LogP contribution in [0.25, 0.3) is 0 Å². The molecule has 274 valence electrons. The fourth-order valence-corrected chi connectivity index (χ4v) is 12.0. The molecule has 3 nitrogen and oxygen atoms in total. The summed E-state index contributed by atoms with van der Waals surface area (Å²) in [6, 6.07) is 0. The molecule has 5 atom stereocenters. The lowest BCUT2D eigenvalue weighted by atomic mass is 9.61. The van der Waals surface area contributed by atoms with Crippen LogP contribution in [0.4, 0.5) is 0 Å². The highest BCUT2D eigenvalue weighted by molar-refractivity contribution is 6.75. The third-order valence-electron chi connectivity index (χ3n) is 14.5. The zero-order valence-corrected chi connectivity index (χ0v) is 35.8. The van der Waals surface area contributed by atoms with Crippen LogP contribution < -0.4 is 0 Å². The second-order valence-corrected chi connectivity index (χ2v) is 29.5. The topological polar surface area (TPSA) is 38.7 Å². The minimum Gasteiger partial charge on any atom is -0.390 e. The predicted molar refractivity (Wildman–Crippen MR) is 212 cm³/mol. The molecular formula is C43H76O3Si2. The first kappa shape index (κ1) is 40.1. The Hall–Kier alpha value is -0.726. The van der Waals surface area contributed by atoms with E-state index in [1.54, 1.807) is 5.57 Å². The molecule has 0 radical (unpaired) electrons. The lowest BCUT2D eigenvalue weighted by Gasteiger charge is -2.52. The molecule has 1 unspecified atom stereocenters. The quantitative estimate of drug-likeness (QED) is 0.125. The summed E-state index contributed by atoms with van der Waals surface area (Å²) in [4.78, 5) is 0. The number of fused-ring (bicyclic) bond motifs is 1. The molecule has 0 spiro atoms. The Kier molecular flexibility index (Phi) is 12.0. The molecule has 0 aliphatic heterocycles. The van der Waals surface area contributed by atoms with E-state index in [0.717, 1.165) is 19.3 Å². The SMILES string of the molecule is C=C1CCC(O[Si](C)(C)C(C)(C)C)(O[Si](C)(C)C(C)(C)C)CC1=CC=C1CCC[C@]2(C)[C@@H]([C@H](C)C=CC(O)C3(CCCC)CC3)CC[C@@H]12. The summed E-state index contributed by atoms with van der Waals surface area (Å²) >= 11 is 0.